The molecule has 30 heavy (non-hydrogen) atoms. The summed E-state index contributed by atoms with van der Waals surface area (Å²) < 4.78 is 11.3. The molecule has 1 aromatic heterocycles. The number of likely N-dealkylation sites (tertiary alicyclic amines) is 1. The van der Waals surface area contributed by atoms with E-state index in [2.05, 4.69) is 38.6 Å². The Labute approximate surface area is 175 Å². The first-order chi connectivity index (χ1) is 14.7. The summed E-state index contributed by atoms with van der Waals surface area (Å²) in [6, 6.07) is 12.4. The van der Waals surface area contributed by atoms with Crippen molar-refractivity contribution in [3.63, 3.8) is 0 Å². The average molecular weight is 406 g/mol. The zero-order valence-electron chi connectivity index (χ0n) is 16.9. The molecule has 0 spiro atoms. The van der Waals surface area contributed by atoms with Crippen molar-refractivity contribution in [2.75, 3.05) is 26.2 Å². The number of aromatic nitrogens is 2. The van der Waals surface area contributed by atoms with E-state index in [-0.39, 0.29) is 6.61 Å². The molecular weight excluding hydrogens is 380 g/mol. The third-order valence-electron chi connectivity index (χ3n) is 5.69. The first kappa shape index (κ1) is 18.9. The van der Waals surface area contributed by atoms with Crippen LogP contribution in [0.3, 0.4) is 0 Å². The minimum atomic E-state index is -0.404. The fourth-order valence-corrected chi connectivity index (χ4v) is 4.23. The second-order valence-corrected chi connectivity index (χ2v) is 8.01. The summed E-state index contributed by atoms with van der Waals surface area (Å²) in [5.41, 5.74) is 5.06. The number of hydrogen-bond acceptors (Lipinski definition) is 5. The zero-order valence-corrected chi connectivity index (χ0v) is 16.9. The number of carbonyl (C=O) groups is 1. The molecule has 2 aliphatic heterocycles. The molecule has 5 rings (SSSR count). The number of benzene rings is 2. The van der Waals surface area contributed by atoms with Gasteiger partial charge in [-0.3, -0.25) is 10.00 Å². The fraction of sp³-hybridized carbons (Fsp3) is 0.391. The first-order valence-corrected chi connectivity index (χ1v) is 10.6. The van der Waals surface area contributed by atoms with Crippen LogP contribution < -0.4 is 10.1 Å². The van der Waals surface area contributed by atoms with Crippen molar-refractivity contribution >= 4 is 17.0 Å². The lowest BCUT2D eigenvalue weighted by Gasteiger charge is -2.16. The van der Waals surface area contributed by atoms with E-state index in [0.717, 1.165) is 53.1 Å². The molecular formula is C23H26N4O3. The van der Waals surface area contributed by atoms with Gasteiger partial charge in [0.1, 0.15) is 18.1 Å². The number of ether oxygens (including phenoxy) is 2. The Morgan fingerprint density at radius 2 is 1.93 bits per heavy atom. The van der Waals surface area contributed by atoms with E-state index in [1.807, 2.05) is 18.2 Å². The highest BCUT2D eigenvalue weighted by Gasteiger charge is 2.16. The number of amides is 1. The fourth-order valence-electron chi connectivity index (χ4n) is 4.23. The van der Waals surface area contributed by atoms with Crippen LogP contribution in [0.25, 0.3) is 22.2 Å². The Balaban J connectivity index is 1.56. The molecule has 1 amide bonds. The topological polar surface area (TPSA) is 79.5 Å². The lowest BCUT2D eigenvalue weighted by molar-refractivity contribution is 0.139. The summed E-state index contributed by atoms with van der Waals surface area (Å²) >= 11 is 0. The van der Waals surface area contributed by atoms with Crippen LogP contribution in [0.4, 0.5) is 4.79 Å². The number of H-pyrrole nitrogens is 1. The molecule has 2 aromatic carbocycles. The lowest BCUT2D eigenvalue weighted by atomic mass is 10.0. The van der Waals surface area contributed by atoms with E-state index in [9.17, 15) is 4.79 Å². The highest BCUT2D eigenvalue weighted by atomic mass is 16.5. The average Bonchev–Trinajstić information content (AvgIpc) is 3.41. The van der Waals surface area contributed by atoms with Gasteiger partial charge >= 0.3 is 6.09 Å². The van der Waals surface area contributed by atoms with Crippen molar-refractivity contribution in [2.45, 2.75) is 32.4 Å². The maximum Gasteiger partial charge on any atom is 0.407 e. The molecule has 0 atom stereocenters. The number of fused-ring (bicyclic) bond motifs is 4. The first-order valence-electron chi connectivity index (χ1n) is 10.6. The van der Waals surface area contributed by atoms with Gasteiger partial charge in [0.05, 0.1) is 12.1 Å². The third kappa shape index (κ3) is 4.11. The van der Waals surface area contributed by atoms with Gasteiger partial charge in [0.2, 0.25) is 0 Å². The van der Waals surface area contributed by atoms with E-state index in [1.165, 1.54) is 18.4 Å². The Kier molecular flexibility index (Phi) is 5.27. The van der Waals surface area contributed by atoms with Gasteiger partial charge in [-0.2, -0.15) is 5.10 Å². The molecule has 1 saturated heterocycles. The third-order valence-corrected chi connectivity index (χ3v) is 5.69. The number of carbonyl (C=O) groups excluding carboxylic acids is 1. The summed E-state index contributed by atoms with van der Waals surface area (Å²) in [6.07, 6.45) is 2.81. The SMILES string of the molecule is O=C1NCCCOc2ccc3[nH]nc(c3c2)-c2cc(cc(CN3CCCC3)c2)CO1. The number of cyclic esters (lactones) is 1. The maximum atomic E-state index is 12.0. The molecule has 0 unspecified atom stereocenters. The Morgan fingerprint density at radius 3 is 2.83 bits per heavy atom. The van der Waals surface area contributed by atoms with Gasteiger partial charge in [-0.15, -0.1) is 0 Å². The van der Waals surface area contributed by atoms with Crippen molar-refractivity contribution in [1.29, 1.82) is 0 Å². The number of nitrogens with one attached hydrogen (secondary N) is 2. The molecule has 2 aliphatic rings. The van der Waals surface area contributed by atoms with Gasteiger partial charge in [-0.1, -0.05) is 6.07 Å². The summed E-state index contributed by atoms with van der Waals surface area (Å²) in [4.78, 5) is 14.5. The number of rotatable bonds is 2. The molecule has 0 aliphatic carbocycles. The van der Waals surface area contributed by atoms with Crippen LogP contribution in [-0.4, -0.2) is 47.4 Å². The van der Waals surface area contributed by atoms with Gasteiger partial charge < -0.3 is 14.8 Å². The quantitative estimate of drug-likeness (QED) is 0.676. The van der Waals surface area contributed by atoms with Crippen LogP contribution in [0.5, 0.6) is 5.75 Å². The Hall–Kier alpha value is -3.06. The van der Waals surface area contributed by atoms with Gasteiger partial charge in [0.15, 0.2) is 0 Å². The van der Waals surface area contributed by atoms with E-state index in [1.54, 1.807) is 0 Å². The largest absolute Gasteiger partial charge is 0.494 e. The van der Waals surface area contributed by atoms with E-state index in [4.69, 9.17) is 9.47 Å². The van der Waals surface area contributed by atoms with Crippen molar-refractivity contribution < 1.29 is 14.3 Å². The minimum Gasteiger partial charge on any atom is -0.494 e. The van der Waals surface area contributed by atoms with Crippen molar-refractivity contribution in [3.05, 3.63) is 47.5 Å². The number of alkyl carbamates (subject to hydrolysis) is 1. The molecule has 7 heteroatoms. The van der Waals surface area contributed by atoms with Gasteiger partial charge in [-0.25, -0.2) is 4.79 Å². The van der Waals surface area contributed by atoms with Gasteiger partial charge in [0, 0.05) is 24.0 Å². The summed E-state index contributed by atoms with van der Waals surface area (Å²) in [6.45, 7) is 4.42. The Bertz CT molecular complexity index is 1060. The monoisotopic (exact) mass is 406 g/mol. The minimum absolute atomic E-state index is 0.233. The van der Waals surface area contributed by atoms with Crippen LogP contribution in [0.2, 0.25) is 0 Å². The van der Waals surface area contributed by atoms with E-state index in [0.29, 0.717) is 19.6 Å². The standard InChI is InChI=1S/C23H26N4O3/c28-23-24-6-3-9-29-19-4-5-21-20(13-19)22(26-25-21)18-11-16(10-17(12-18)15-30-23)14-27-7-1-2-8-27/h4-5,10-13H,1-3,6-9,14-15H2,(H,24,28)(H,25,26). The second kappa shape index (κ2) is 8.36. The van der Waals surface area contributed by atoms with Gasteiger partial charge in [-0.05, 0) is 73.8 Å². The molecule has 3 heterocycles. The van der Waals surface area contributed by atoms with E-state index >= 15 is 0 Å². The number of aromatic amines is 1. The molecule has 2 N–H and O–H groups in total. The smallest absolute Gasteiger partial charge is 0.407 e. The zero-order chi connectivity index (χ0) is 20.3. The molecule has 0 saturated carbocycles. The number of hydrogen-bond donors (Lipinski definition) is 2. The maximum absolute atomic E-state index is 12.0. The molecule has 7 nitrogen and oxygen atoms in total. The van der Waals surface area contributed by atoms with Crippen LogP contribution in [0.15, 0.2) is 36.4 Å². The predicted octanol–water partition coefficient (Wildman–Crippen LogP) is 3.83. The highest BCUT2D eigenvalue weighted by molar-refractivity contribution is 5.94. The van der Waals surface area contributed by atoms with Crippen molar-refractivity contribution in [2.24, 2.45) is 0 Å². The van der Waals surface area contributed by atoms with Crippen LogP contribution in [0, 0.1) is 0 Å². The summed E-state index contributed by atoms with van der Waals surface area (Å²) in [5, 5.41) is 11.5. The Morgan fingerprint density at radius 1 is 1.03 bits per heavy atom. The molecule has 0 radical (unpaired) electrons. The summed E-state index contributed by atoms with van der Waals surface area (Å²) in [7, 11) is 0. The van der Waals surface area contributed by atoms with Crippen molar-refractivity contribution in [3.8, 4) is 17.0 Å². The highest BCUT2D eigenvalue weighted by Crippen LogP contribution is 2.31. The van der Waals surface area contributed by atoms with Crippen molar-refractivity contribution in [1.82, 2.24) is 20.4 Å². The summed E-state index contributed by atoms with van der Waals surface area (Å²) in [5.74, 6) is 0.802. The molecule has 3 aromatic rings. The van der Waals surface area contributed by atoms with Crippen LogP contribution in [-0.2, 0) is 17.9 Å². The van der Waals surface area contributed by atoms with Crippen LogP contribution >= 0.6 is 0 Å². The van der Waals surface area contributed by atoms with Crippen LogP contribution in [0.1, 0.15) is 30.4 Å². The molecule has 156 valence electrons. The normalized spacial score (nSPS) is 17.8. The second-order valence-electron chi connectivity index (χ2n) is 8.01. The lowest BCUT2D eigenvalue weighted by Crippen LogP contribution is -2.26. The number of nitrogens with zero attached hydrogens (tertiary/aromatic N) is 2. The predicted molar refractivity (Wildman–Crippen MR) is 114 cm³/mol. The molecule has 4 bridgehead atoms. The van der Waals surface area contributed by atoms with E-state index < -0.39 is 6.09 Å². The van der Waals surface area contributed by atoms with Gasteiger partial charge in [0.25, 0.3) is 0 Å². The molecule has 1 fully saturated rings.